The van der Waals surface area contributed by atoms with E-state index in [9.17, 15) is 4.79 Å². The summed E-state index contributed by atoms with van der Waals surface area (Å²) in [6.07, 6.45) is 0. The molecule has 2 N–H and O–H groups in total. The summed E-state index contributed by atoms with van der Waals surface area (Å²) in [4.78, 5) is 11.6. The maximum absolute atomic E-state index is 11.6. The second-order valence-electron chi connectivity index (χ2n) is 4.24. The van der Waals surface area contributed by atoms with Crippen molar-refractivity contribution >= 4 is 34.2 Å². The zero-order chi connectivity index (χ0) is 11.6. The van der Waals surface area contributed by atoms with Gasteiger partial charge in [0.2, 0.25) is 0 Å². The van der Waals surface area contributed by atoms with Crippen LogP contribution >= 0.6 is 22.6 Å². The van der Waals surface area contributed by atoms with Crippen molar-refractivity contribution in [3.8, 4) is 0 Å². The number of esters is 1. The van der Waals surface area contributed by atoms with Crippen molar-refractivity contribution < 1.29 is 9.53 Å². The summed E-state index contributed by atoms with van der Waals surface area (Å²) in [5.74, 6) is -0.342. The van der Waals surface area contributed by atoms with Gasteiger partial charge in [0.25, 0.3) is 0 Å². The molecular weight excluding hydrogens is 305 g/mol. The van der Waals surface area contributed by atoms with Crippen molar-refractivity contribution in [3.63, 3.8) is 0 Å². The summed E-state index contributed by atoms with van der Waals surface area (Å²) >= 11 is 2.12. The van der Waals surface area contributed by atoms with Gasteiger partial charge in [0.15, 0.2) is 0 Å². The molecule has 82 valence electrons. The molecule has 1 rings (SSSR count). The van der Waals surface area contributed by atoms with Crippen molar-refractivity contribution in [2.24, 2.45) is 0 Å². The van der Waals surface area contributed by atoms with Crippen molar-refractivity contribution in [2.75, 3.05) is 5.73 Å². The Bertz CT molecular complexity index is 383. The van der Waals surface area contributed by atoms with E-state index in [0.29, 0.717) is 11.3 Å². The van der Waals surface area contributed by atoms with Crippen LogP contribution in [-0.4, -0.2) is 11.6 Å². The van der Waals surface area contributed by atoms with E-state index < -0.39 is 5.60 Å². The van der Waals surface area contributed by atoms with Gasteiger partial charge in [-0.25, -0.2) is 4.79 Å². The molecule has 0 aliphatic carbocycles. The van der Waals surface area contributed by atoms with Gasteiger partial charge in [-0.1, -0.05) is 0 Å². The number of nitrogens with two attached hydrogens (primary N) is 1. The van der Waals surface area contributed by atoms with E-state index in [1.165, 1.54) is 0 Å². The highest BCUT2D eigenvalue weighted by atomic mass is 127. The van der Waals surface area contributed by atoms with Crippen LogP contribution < -0.4 is 5.73 Å². The minimum absolute atomic E-state index is 0.342. The highest BCUT2D eigenvalue weighted by Crippen LogP contribution is 2.18. The number of anilines is 1. The van der Waals surface area contributed by atoms with Crippen LogP contribution in [0.1, 0.15) is 31.1 Å². The average Bonchev–Trinajstić information content (AvgIpc) is 2.06. The summed E-state index contributed by atoms with van der Waals surface area (Å²) in [5, 5.41) is 0. The first-order valence-electron chi connectivity index (χ1n) is 4.58. The molecule has 1 aromatic rings. The lowest BCUT2D eigenvalue weighted by Gasteiger charge is -2.19. The van der Waals surface area contributed by atoms with Crippen LogP contribution in [0, 0.1) is 3.57 Å². The van der Waals surface area contributed by atoms with Crippen LogP contribution in [0.3, 0.4) is 0 Å². The molecule has 0 unspecified atom stereocenters. The van der Waals surface area contributed by atoms with Crippen molar-refractivity contribution in [3.05, 3.63) is 27.3 Å². The predicted octanol–water partition coefficient (Wildman–Crippen LogP) is 2.83. The quantitative estimate of drug-likeness (QED) is 0.492. The molecule has 0 atom stereocenters. The molecule has 0 aromatic heterocycles. The molecule has 15 heavy (non-hydrogen) atoms. The fourth-order valence-corrected chi connectivity index (χ4v) is 1.34. The lowest BCUT2D eigenvalue weighted by atomic mass is 10.1. The van der Waals surface area contributed by atoms with E-state index in [1.54, 1.807) is 18.2 Å². The van der Waals surface area contributed by atoms with Gasteiger partial charge in [-0.2, -0.15) is 0 Å². The molecule has 0 spiro atoms. The molecular formula is C11H14INO2. The van der Waals surface area contributed by atoms with Crippen LogP contribution in [0.25, 0.3) is 0 Å². The fraction of sp³-hybridized carbons (Fsp3) is 0.364. The topological polar surface area (TPSA) is 52.3 Å². The minimum Gasteiger partial charge on any atom is -0.456 e. The Balaban J connectivity index is 2.88. The lowest BCUT2D eigenvalue weighted by molar-refractivity contribution is 0.00696. The average molecular weight is 319 g/mol. The number of hydrogen-bond donors (Lipinski definition) is 1. The van der Waals surface area contributed by atoms with Crippen LogP contribution in [0.2, 0.25) is 0 Å². The SMILES string of the molecule is CC(C)(C)OC(=O)c1ccc(I)c(N)c1. The van der Waals surface area contributed by atoms with Crippen LogP contribution in [0.15, 0.2) is 18.2 Å². The minimum atomic E-state index is -0.477. The molecule has 0 bridgehead atoms. The van der Waals surface area contributed by atoms with Gasteiger partial charge in [-0.05, 0) is 61.6 Å². The molecule has 0 radical (unpaired) electrons. The third-order valence-electron chi connectivity index (χ3n) is 1.63. The van der Waals surface area contributed by atoms with Crippen LogP contribution in [0.5, 0.6) is 0 Å². The number of rotatable bonds is 1. The predicted molar refractivity (Wildman–Crippen MR) is 68.7 cm³/mol. The van der Waals surface area contributed by atoms with Crippen molar-refractivity contribution in [2.45, 2.75) is 26.4 Å². The Morgan fingerprint density at radius 2 is 2.00 bits per heavy atom. The largest absolute Gasteiger partial charge is 0.456 e. The first-order chi connectivity index (χ1) is 6.79. The normalized spacial score (nSPS) is 11.2. The molecule has 0 saturated heterocycles. The van der Waals surface area contributed by atoms with E-state index >= 15 is 0 Å². The Kier molecular flexibility index (Phi) is 3.59. The van der Waals surface area contributed by atoms with Crippen molar-refractivity contribution in [1.29, 1.82) is 0 Å². The number of benzene rings is 1. The molecule has 0 saturated carbocycles. The van der Waals surface area contributed by atoms with E-state index in [4.69, 9.17) is 10.5 Å². The monoisotopic (exact) mass is 319 g/mol. The van der Waals surface area contributed by atoms with Gasteiger partial charge in [-0.15, -0.1) is 0 Å². The summed E-state index contributed by atoms with van der Waals surface area (Å²) in [5.41, 5.74) is 6.31. The lowest BCUT2D eigenvalue weighted by Crippen LogP contribution is -2.23. The standard InChI is InChI=1S/C11H14INO2/c1-11(2,3)15-10(14)7-4-5-8(12)9(13)6-7/h4-6H,13H2,1-3H3. The van der Waals surface area contributed by atoms with E-state index in [2.05, 4.69) is 22.6 Å². The number of ether oxygens (including phenoxy) is 1. The Morgan fingerprint density at radius 3 is 2.47 bits per heavy atom. The summed E-state index contributed by atoms with van der Waals surface area (Å²) < 4.78 is 6.15. The zero-order valence-corrected chi connectivity index (χ0v) is 11.2. The second kappa shape index (κ2) is 4.38. The van der Waals surface area contributed by atoms with Crippen molar-refractivity contribution in [1.82, 2.24) is 0 Å². The smallest absolute Gasteiger partial charge is 0.338 e. The molecule has 0 heterocycles. The first-order valence-corrected chi connectivity index (χ1v) is 5.66. The molecule has 0 fully saturated rings. The maximum Gasteiger partial charge on any atom is 0.338 e. The highest BCUT2D eigenvalue weighted by Gasteiger charge is 2.18. The number of halogens is 1. The summed E-state index contributed by atoms with van der Waals surface area (Å²) in [6.45, 7) is 5.50. The molecule has 0 amide bonds. The van der Waals surface area contributed by atoms with E-state index in [-0.39, 0.29) is 5.97 Å². The zero-order valence-electron chi connectivity index (χ0n) is 9.00. The summed E-state index contributed by atoms with van der Waals surface area (Å²) in [7, 11) is 0. The number of carbonyl (C=O) groups is 1. The van der Waals surface area contributed by atoms with Crippen LogP contribution in [0.4, 0.5) is 5.69 Å². The number of nitrogen functional groups attached to an aromatic ring is 1. The third-order valence-corrected chi connectivity index (χ3v) is 2.61. The van der Waals surface area contributed by atoms with Gasteiger partial charge in [0.05, 0.1) is 5.56 Å². The molecule has 0 aliphatic heterocycles. The Labute approximate surface area is 103 Å². The summed E-state index contributed by atoms with van der Waals surface area (Å²) in [6, 6.07) is 5.15. The van der Waals surface area contributed by atoms with Gasteiger partial charge >= 0.3 is 5.97 Å². The Morgan fingerprint density at radius 1 is 1.40 bits per heavy atom. The van der Waals surface area contributed by atoms with Gasteiger partial charge in [0, 0.05) is 9.26 Å². The second-order valence-corrected chi connectivity index (χ2v) is 5.40. The number of hydrogen-bond acceptors (Lipinski definition) is 3. The molecule has 3 nitrogen and oxygen atoms in total. The molecule has 4 heteroatoms. The maximum atomic E-state index is 11.6. The van der Waals surface area contributed by atoms with Gasteiger partial charge < -0.3 is 10.5 Å². The third kappa shape index (κ3) is 3.70. The van der Waals surface area contributed by atoms with E-state index in [0.717, 1.165) is 3.57 Å². The van der Waals surface area contributed by atoms with E-state index in [1.807, 2.05) is 20.8 Å². The van der Waals surface area contributed by atoms with Crippen LogP contribution in [-0.2, 0) is 4.74 Å². The fourth-order valence-electron chi connectivity index (χ4n) is 1.01. The molecule has 1 aromatic carbocycles. The molecule has 0 aliphatic rings. The highest BCUT2D eigenvalue weighted by molar-refractivity contribution is 14.1. The van der Waals surface area contributed by atoms with Gasteiger partial charge in [-0.3, -0.25) is 0 Å². The Hall–Kier alpha value is -0.780. The van der Waals surface area contributed by atoms with Gasteiger partial charge in [0.1, 0.15) is 5.60 Å². The first kappa shape index (κ1) is 12.3. The number of carbonyl (C=O) groups excluding carboxylic acids is 1.